The highest BCUT2D eigenvalue weighted by Gasteiger charge is 2.64. The molecule has 0 aromatic carbocycles. The van der Waals surface area contributed by atoms with Gasteiger partial charge in [-0.2, -0.15) is 0 Å². The molecule has 0 radical (unpaired) electrons. The number of hydrogen-bond acceptors (Lipinski definition) is 3. The second-order valence-corrected chi connectivity index (χ2v) is 4.40. The molecule has 4 unspecified atom stereocenters. The molecule has 0 aromatic rings. The topological polar surface area (TPSA) is 55.4 Å². The molecule has 3 heterocycles. The van der Waals surface area contributed by atoms with Crippen LogP contribution in [0.4, 0.5) is 0 Å². The van der Waals surface area contributed by atoms with Gasteiger partial charge in [-0.25, -0.2) is 0 Å². The summed E-state index contributed by atoms with van der Waals surface area (Å²) in [6, 6.07) is 0. The quantitative estimate of drug-likeness (QED) is 0.454. The van der Waals surface area contributed by atoms with E-state index in [1.165, 1.54) is 0 Å². The molecular formula is C9H9NO3S. The van der Waals surface area contributed by atoms with Gasteiger partial charge < -0.3 is 10.1 Å². The third-order valence-electron chi connectivity index (χ3n) is 3.27. The Morgan fingerprint density at radius 3 is 3.21 bits per heavy atom. The molecule has 4 atom stereocenters. The lowest BCUT2D eigenvalue weighted by molar-refractivity contribution is -0.127. The number of hydrogen-bond donors (Lipinski definition) is 2. The van der Waals surface area contributed by atoms with E-state index in [2.05, 4.69) is 17.9 Å². The third-order valence-corrected chi connectivity index (χ3v) is 3.57. The summed E-state index contributed by atoms with van der Waals surface area (Å²) in [6.45, 7) is 0.473. The summed E-state index contributed by atoms with van der Waals surface area (Å²) in [5.74, 6) is -0.877. The van der Waals surface area contributed by atoms with Crippen molar-refractivity contribution in [3.8, 4) is 0 Å². The van der Waals surface area contributed by atoms with Gasteiger partial charge in [-0.15, -0.1) is 12.6 Å². The molecule has 3 rings (SSSR count). The van der Waals surface area contributed by atoms with Gasteiger partial charge in [0.15, 0.2) is 5.12 Å². The summed E-state index contributed by atoms with van der Waals surface area (Å²) in [5, 5.41) is 2.46. The lowest BCUT2D eigenvalue weighted by Gasteiger charge is -2.21. The Hall–Kier alpha value is -0.810. The molecule has 3 aliphatic heterocycles. The van der Waals surface area contributed by atoms with Crippen molar-refractivity contribution >= 4 is 23.7 Å². The highest BCUT2D eigenvalue weighted by atomic mass is 32.1. The van der Waals surface area contributed by atoms with E-state index in [0.717, 1.165) is 0 Å². The van der Waals surface area contributed by atoms with Crippen LogP contribution in [0.3, 0.4) is 0 Å². The Labute approximate surface area is 86.1 Å². The van der Waals surface area contributed by atoms with Gasteiger partial charge in [0.05, 0.1) is 24.5 Å². The maximum absolute atomic E-state index is 11.5. The molecule has 1 amide bonds. The van der Waals surface area contributed by atoms with Crippen LogP contribution in [0.2, 0.25) is 0 Å². The van der Waals surface area contributed by atoms with Crippen molar-refractivity contribution in [2.45, 2.75) is 11.7 Å². The van der Waals surface area contributed by atoms with Gasteiger partial charge in [-0.05, 0) is 0 Å². The van der Waals surface area contributed by atoms with Crippen molar-refractivity contribution in [1.29, 1.82) is 0 Å². The Bertz CT molecular complexity index is 367. The maximum atomic E-state index is 11.5. The standard InChI is InChI=1S/C9H9NO3S/c11-7-6-5(8(12)14)4-1-2-9(6,13-4)3-10-7/h1-2,4-6H,3H2,(H,10,11)(H,12,14). The lowest BCUT2D eigenvalue weighted by atomic mass is 9.78. The average molecular weight is 211 g/mol. The minimum Gasteiger partial charge on any atom is -0.360 e. The monoisotopic (exact) mass is 211 g/mol. The van der Waals surface area contributed by atoms with Crippen LogP contribution in [-0.2, 0) is 14.3 Å². The Morgan fingerprint density at radius 2 is 2.50 bits per heavy atom. The van der Waals surface area contributed by atoms with Crippen molar-refractivity contribution < 1.29 is 14.3 Å². The van der Waals surface area contributed by atoms with Crippen molar-refractivity contribution in [1.82, 2.24) is 5.32 Å². The van der Waals surface area contributed by atoms with Gasteiger partial charge in [-0.1, -0.05) is 12.2 Å². The fraction of sp³-hybridized carbons (Fsp3) is 0.556. The van der Waals surface area contributed by atoms with Gasteiger partial charge in [0.25, 0.3) is 0 Å². The van der Waals surface area contributed by atoms with Crippen LogP contribution in [0.5, 0.6) is 0 Å². The lowest BCUT2D eigenvalue weighted by Crippen LogP contribution is -2.37. The zero-order valence-electron chi connectivity index (χ0n) is 7.27. The van der Waals surface area contributed by atoms with Crippen LogP contribution in [-0.4, -0.2) is 29.3 Å². The van der Waals surface area contributed by atoms with Gasteiger partial charge in [0.2, 0.25) is 5.91 Å². The molecule has 0 aromatic heterocycles. The highest BCUT2D eigenvalue weighted by Crippen LogP contribution is 2.49. The normalized spacial score (nSPS) is 48.1. The highest BCUT2D eigenvalue weighted by molar-refractivity contribution is 7.96. The molecule has 2 bridgehead atoms. The van der Waals surface area contributed by atoms with E-state index in [0.29, 0.717) is 6.54 Å². The minimum atomic E-state index is -0.565. The summed E-state index contributed by atoms with van der Waals surface area (Å²) in [6.07, 6.45) is 3.50. The summed E-state index contributed by atoms with van der Waals surface area (Å²) in [5.41, 5.74) is -0.565. The van der Waals surface area contributed by atoms with E-state index in [1.54, 1.807) is 0 Å². The van der Waals surface area contributed by atoms with E-state index in [9.17, 15) is 9.59 Å². The summed E-state index contributed by atoms with van der Waals surface area (Å²) < 4.78 is 5.66. The number of amides is 1. The van der Waals surface area contributed by atoms with Crippen molar-refractivity contribution in [3.63, 3.8) is 0 Å². The largest absolute Gasteiger partial charge is 0.360 e. The Kier molecular flexibility index (Phi) is 1.46. The number of carbonyl (C=O) groups is 2. The Morgan fingerprint density at radius 1 is 1.71 bits per heavy atom. The third kappa shape index (κ3) is 0.797. The van der Waals surface area contributed by atoms with E-state index in [4.69, 9.17) is 4.74 Å². The van der Waals surface area contributed by atoms with Crippen LogP contribution in [0.25, 0.3) is 0 Å². The predicted molar refractivity (Wildman–Crippen MR) is 50.7 cm³/mol. The summed E-state index contributed by atoms with van der Waals surface area (Å²) in [7, 11) is 0. The van der Waals surface area contributed by atoms with Gasteiger partial charge in [0.1, 0.15) is 5.60 Å². The summed E-state index contributed by atoms with van der Waals surface area (Å²) >= 11 is 3.81. The first-order valence-corrected chi connectivity index (χ1v) is 4.96. The van der Waals surface area contributed by atoms with Gasteiger partial charge >= 0.3 is 0 Å². The number of fused-ring (bicyclic) bond motifs is 1. The molecule has 1 spiro atoms. The molecule has 2 saturated heterocycles. The predicted octanol–water partition coefficient (Wildman–Crippen LogP) is -0.488. The van der Waals surface area contributed by atoms with E-state index < -0.39 is 11.5 Å². The van der Waals surface area contributed by atoms with Crippen LogP contribution in [0.1, 0.15) is 0 Å². The molecule has 1 N–H and O–H groups in total. The van der Waals surface area contributed by atoms with E-state index in [1.807, 2.05) is 12.2 Å². The number of nitrogens with one attached hydrogen (secondary N) is 1. The second kappa shape index (κ2) is 2.41. The zero-order valence-corrected chi connectivity index (χ0v) is 8.16. The molecule has 0 aliphatic carbocycles. The molecule has 14 heavy (non-hydrogen) atoms. The van der Waals surface area contributed by atoms with Crippen LogP contribution in [0, 0.1) is 11.8 Å². The molecule has 0 saturated carbocycles. The number of rotatable bonds is 1. The number of ether oxygens (including phenoxy) is 1. The summed E-state index contributed by atoms with van der Waals surface area (Å²) in [4.78, 5) is 22.8. The van der Waals surface area contributed by atoms with E-state index in [-0.39, 0.29) is 23.0 Å². The maximum Gasteiger partial charge on any atom is 0.227 e. The van der Waals surface area contributed by atoms with Crippen LogP contribution < -0.4 is 5.32 Å². The number of thiol groups is 1. The van der Waals surface area contributed by atoms with Crippen LogP contribution in [0.15, 0.2) is 12.2 Å². The first-order valence-electron chi connectivity index (χ1n) is 4.52. The van der Waals surface area contributed by atoms with Gasteiger partial charge in [0, 0.05) is 0 Å². The fourth-order valence-electron chi connectivity index (χ4n) is 2.67. The molecule has 74 valence electrons. The van der Waals surface area contributed by atoms with Crippen molar-refractivity contribution in [2.24, 2.45) is 11.8 Å². The molecule has 5 heteroatoms. The number of carbonyl (C=O) groups excluding carboxylic acids is 2. The van der Waals surface area contributed by atoms with Crippen LogP contribution >= 0.6 is 12.6 Å². The van der Waals surface area contributed by atoms with E-state index >= 15 is 0 Å². The minimum absolute atomic E-state index is 0.0933. The molecule has 3 aliphatic rings. The average Bonchev–Trinajstić information content (AvgIpc) is 2.75. The van der Waals surface area contributed by atoms with Crippen molar-refractivity contribution in [3.05, 3.63) is 12.2 Å². The first-order chi connectivity index (χ1) is 6.64. The molecule has 2 fully saturated rings. The SMILES string of the molecule is O=C(S)C1C2C=CC3(CNC(=O)C13)O2. The first kappa shape index (κ1) is 8.49. The molecular weight excluding hydrogens is 202 g/mol. The Balaban J connectivity index is 2.08. The molecule has 4 nitrogen and oxygen atoms in total. The van der Waals surface area contributed by atoms with Crippen molar-refractivity contribution in [2.75, 3.05) is 6.54 Å². The smallest absolute Gasteiger partial charge is 0.227 e. The zero-order chi connectivity index (χ0) is 9.92. The fourth-order valence-corrected chi connectivity index (χ4v) is 2.96. The van der Waals surface area contributed by atoms with Gasteiger partial charge in [-0.3, -0.25) is 9.59 Å². The second-order valence-electron chi connectivity index (χ2n) is 3.96.